The van der Waals surface area contributed by atoms with Crippen LogP contribution in [0.4, 0.5) is 0 Å². The Balaban J connectivity index is 1.84. The molecular formula is C15H18N2O. The second-order valence-corrected chi connectivity index (χ2v) is 5.08. The average Bonchev–Trinajstić information content (AvgIpc) is 2.73. The van der Waals surface area contributed by atoms with Gasteiger partial charge in [0, 0.05) is 18.9 Å². The first-order chi connectivity index (χ1) is 8.72. The molecule has 2 N–H and O–H groups in total. The molecule has 1 unspecified atom stereocenters. The van der Waals surface area contributed by atoms with Gasteiger partial charge in [-0.2, -0.15) is 0 Å². The third kappa shape index (κ3) is 2.18. The predicted octanol–water partition coefficient (Wildman–Crippen LogP) is 2.39. The van der Waals surface area contributed by atoms with Gasteiger partial charge in [-0.3, -0.25) is 0 Å². The van der Waals surface area contributed by atoms with Crippen LogP contribution < -0.4 is 5.73 Å². The summed E-state index contributed by atoms with van der Waals surface area (Å²) in [6.07, 6.45) is 3.57. The number of rotatable bonds is 2. The van der Waals surface area contributed by atoms with Crippen molar-refractivity contribution in [2.75, 3.05) is 0 Å². The van der Waals surface area contributed by atoms with E-state index in [1.165, 1.54) is 11.1 Å². The number of nitrogens with zero attached hydrogens (tertiary/aromatic N) is 1. The van der Waals surface area contributed by atoms with E-state index in [1.54, 1.807) is 0 Å². The highest BCUT2D eigenvalue weighted by Gasteiger charge is 2.21. The van der Waals surface area contributed by atoms with Crippen molar-refractivity contribution >= 4 is 0 Å². The van der Waals surface area contributed by atoms with Crippen molar-refractivity contribution in [3.05, 3.63) is 52.7 Å². The molecule has 0 saturated carbocycles. The SMILES string of the molecule is Cc1ccccc1Cc1nc2c(o1)CC(N)CC2. The predicted molar refractivity (Wildman–Crippen MR) is 70.5 cm³/mol. The zero-order valence-corrected chi connectivity index (χ0v) is 10.6. The van der Waals surface area contributed by atoms with E-state index in [2.05, 4.69) is 36.2 Å². The number of aromatic nitrogens is 1. The number of benzene rings is 1. The Kier molecular flexibility index (Phi) is 2.92. The van der Waals surface area contributed by atoms with Crippen LogP contribution in [0.5, 0.6) is 0 Å². The van der Waals surface area contributed by atoms with Gasteiger partial charge >= 0.3 is 0 Å². The second-order valence-electron chi connectivity index (χ2n) is 5.08. The summed E-state index contributed by atoms with van der Waals surface area (Å²) in [4.78, 5) is 4.60. The summed E-state index contributed by atoms with van der Waals surface area (Å²) in [5, 5.41) is 0. The summed E-state index contributed by atoms with van der Waals surface area (Å²) < 4.78 is 5.84. The number of nitrogens with two attached hydrogens (primary N) is 1. The molecule has 18 heavy (non-hydrogen) atoms. The van der Waals surface area contributed by atoms with Crippen LogP contribution in [0.2, 0.25) is 0 Å². The molecule has 1 aromatic carbocycles. The maximum Gasteiger partial charge on any atom is 0.199 e. The first-order valence-corrected chi connectivity index (χ1v) is 6.50. The zero-order chi connectivity index (χ0) is 12.5. The third-order valence-electron chi connectivity index (χ3n) is 3.62. The van der Waals surface area contributed by atoms with Crippen molar-refractivity contribution in [3.63, 3.8) is 0 Å². The molecule has 1 atom stereocenters. The smallest absolute Gasteiger partial charge is 0.199 e. The van der Waals surface area contributed by atoms with Crippen LogP contribution in [0.1, 0.15) is 34.9 Å². The molecule has 0 radical (unpaired) electrons. The fourth-order valence-corrected chi connectivity index (χ4v) is 2.50. The van der Waals surface area contributed by atoms with Crippen molar-refractivity contribution in [1.29, 1.82) is 0 Å². The van der Waals surface area contributed by atoms with Crippen LogP contribution in [0.15, 0.2) is 28.7 Å². The summed E-state index contributed by atoms with van der Waals surface area (Å²) in [5.41, 5.74) is 9.62. The van der Waals surface area contributed by atoms with Gasteiger partial charge in [-0.05, 0) is 30.9 Å². The van der Waals surface area contributed by atoms with Crippen LogP contribution in [0.25, 0.3) is 0 Å². The van der Waals surface area contributed by atoms with Gasteiger partial charge in [0.05, 0.1) is 5.69 Å². The molecular weight excluding hydrogens is 224 g/mol. The van der Waals surface area contributed by atoms with Crippen molar-refractivity contribution in [2.45, 2.75) is 38.6 Å². The number of hydrogen-bond acceptors (Lipinski definition) is 3. The average molecular weight is 242 g/mol. The monoisotopic (exact) mass is 242 g/mol. The Hall–Kier alpha value is -1.61. The molecule has 1 aliphatic carbocycles. The summed E-state index contributed by atoms with van der Waals surface area (Å²) in [7, 11) is 0. The van der Waals surface area contributed by atoms with Crippen LogP contribution >= 0.6 is 0 Å². The summed E-state index contributed by atoms with van der Waals surface area (Å²) in [6, 6.07) is 8.59. The molecule has 0 aliphatic heterocycles. The van der Waals surface area contributed by atoms with Crippen molar-refractivity contribution in [2.24, 2.45) is 5.73 Å². The first-order valence-electron chi connectivity index (χ1n) is 6.50. The molecule has 1 aliphatic rings. The van der Waals surface area contributed by atoms with E-state index in [9.17, 15) is 0 Å². The van der Waals surface area contributed by atoms with E-state index in [4.69, 9.17) is 10.2 Å². The molecule has 0 amide bonds. The van der Waals surface area contributed by atoms with Gasteiger partial charge in [-0.1, -0.05) is 24.3 Å². The summed E-state index contributed by atoms with van der Waals surface area (Å²) in [6.45, 7) is 2.12. The molecule has 0 spiro atoms. The molecule has 0 fully saturated rings. The van der Waals surface area contributed by atoms with Gasteiger partial charge in [0.25, 0.3) is 0 Å². The quantitative estimate of drug-likeness (QED) is 0.879. The van der Waals surface area contributed by atoms with Gasteiger partial charge in [0.2, 0.25) is 0 Å². The number of aryl methyl sites for hydroxylation is 2. The minimum atomic E-state index is 0.233. The molecule has 1 heterocycles. The number of oxazole rings is 1. The van der Waals surface area contributed by atoms with E-state index < -0.39 is 0 Å². The first kappa shape index (κ1) is 11.5. The van der Waals surface area contributed by atoms with Crippen LogP contribution in [-0.4, -0.2) is 11.0 Å². The number of hydrogen-bond donors (Lipinski definition) is 1. The van der Waals surface area contributed by atoms with Crippen molar-refractivity contribution < 1.29 is 4.42 Å². The van der Waals surface area contributed by atoms with Gasteiger partial charge in [0.1, 0.15) is 5.76 Å². The normalized spacial score (nSPS) is 18.7. The highest BCUT2D eigenvalue weighted by molar-refractivity contribution is 5.28. The lowest BCUT2D eigenvalue weighted by atomic mass is 9.98. The van der Waals surface area contributed by atoms with E-state index in [-0.39, 0.29) is 6.04 Å². The molecule has 0 bridgehead atoms. The number of fused-ring (bicyclic) bond motifs is 1. The Bertz CT molecular complexity index is 559. The van der Waals surface area contributed by atoms with Gasteiger partial charge in [0.15, 0.2) is 5.89 Å². The highest BCUT2D eigenvalue weighted by Crippen LogP contribution is 2.23. The molecule has 0 saturated heterocycles. The largest absolute Gasteiger partial charge is 0.445 e. The Morgan fingerprint density at radius 1 is 1.39 bits per heavy atom. The van der Waals surface area contributed by atoms with Crippen LogP contribution in [0, 0.1) is 6.92 Å². The van der Waals surface area contributed by atoms with E-state index in [0.717, 1.165) is 43.0 Å². The lowest BCUT2D eigenvalue weighted by molar-refractivity contribution is 0.427. The maximum absolute atomic E-state index is 5.95. The fraction of sp³-hybridized carbons (Fsp3) is 0.400. The van der Waals surface area contributed by atoms with Crippen molar-refractivity contribution in [1.82, 2.24) is 4.98 Å². The van der Waals surface area contributed by atoms with E-state index >= 15 is 0 Å². The van der Waals surface area contributed by atoms with E-state index in [0.29, 0.717) is 0 Å². The zero-order valence-electron chi connectivity index (χ0n) is 10.6. The minimum absolute atomic E-state index is 0.233. The van der Waals surface area contributed by atoms with E-state index in [1.807, 2.05) is 0 Å². The molecule has 3 heteroatoms. The summed E-state index contributed by atoms with van der Waals surface area (Å²) >= 11 is 0. The molecule has 94 valence electrons. The lowest BCUT2D eigenvalue weighted by Gasteiger charge is -2.14. The Morgan fingerprint density at radius 2 is 2.22 bits per heavy atom. The Morgan fingerprint density at radius 3 is 3.06 bits per heavy atom. The van der Waals surface area contributed by atoms with Crippen molar-refractivity contribution in [3.8, 4) is 0 Å². The van der Waals surface area contributed by atoms with Crippen LogP contribution in [-0.2, 0) is 19.3 Å². The lowest BCUT2D eigenvalue weighted by Crippen LogP contribution is -2.27. The van der Waals surface area contributed by atoms with Crippen LogP contribution in [0.3, 0.4) is 0 Å². The summed E-state index contributed by atoms with van der Waals surface area (Å²) in [5.74, 6) is 1.82. The van der Waals surface area contributed by atoms with Gasteiger partial charge in [-0.25, -0.2) is 4.98 Å². The Labute approximate surface area is 107 Å². The molecule has 3 rings (SSSR count). The molecule has 2 aromatic rings. The molecule has 1 aromatic heterocycles. The second kappa shape index (κ2) is 4.58. The topological polar surface area (TPSA) is 52.0 Å². The molecule has 3 nitrogen and oxygen atoms in total. The fourth-order valence-electron chi connectivity index (χ4n) is 2.50. The standard InChI is InChI=1S/C15H18N2O/c1-10-4-2-3-5-11(10)8-15-17-13-7-6-12(16)9-14(13)18-15/h2-5,12H,6-9,16H2,1H3. The highest BCUT2D eigenvalue weighted by atomic mass is 16.4. The minimum Gasteiger partial charge on any atom is -0.445 e. The third-order valence-corrected chi connectivity index (χ3v) is 3.62. The maximum atomic E-state index is 5.95. The van der Waals surface area contributed by atoms with Gasteiger partial charge < -0.3 is 10.2 Å². The van der Waals surface area contributed by atoms with Gasteiger partial charge in [-0.15, -0.1) is 0 Å².